The molecule has 6 heteroatoms. The van der Waals surface area contributed by atoms with Crippen LogP contribution in [0.5, 0.6) is 0 Å². The van der Waals surface area contributed by atoms with Gasteiger partial charge in [-0.15, -0.1) is 0 Å². The number of benzene rings is 2. The first-order valence-electron chi connectivity index (χ1n) is 8.91. The lowest BCUT2D eigenvalue weighted by Gasteiger charge is -2.08. The molecule has 0 aliphatic heterocycles. The van der Waals surface area contributed by atoms with E-state index >= 15 is 0 Å². The molecule has 0 aliphatic rings. The van der Waals surface area contributed by atoms with Gasteiger partial charge in [0.15, 0.2) is 0 Å². The third kappa shape index (κ3) is 4.89. The largest absolute Gasteiger partial charge is 0.348 e. The number of hydrogen-bond donors (Lipinski definition) is 3. The number of nitrogens with zero attached hydrogens (tertiary/aromatic N) is 1. The zero-order valence-corrected chi connectivity index (χ0v) is 15.2. The first kappa shape index (κ1) is 18.5. The van der Waals surface area contributed by atoms with E-state index in [4.69, 9.17) is 0 Å². The van der Waals surface area contributed by atoms with E-state index in [1.165, 1.54) is 0 Å². The van der Waals surface area contributed by atoms with Crippen molar-refractivity contribution in [2.75, 3.05) is 6.54 Å². The van der Waals surface area contributed by atoms with E-state index in [1.54, 1.807) is 30.6 Å². The number of carbonyl (C=O) groups excluding carboxylic acids is 2. The Morgan fingerprint density at radius 1 is 0.926 bits per heavy atom. The molecule has 2 amide bonds. The molecule has 3 rings (SSSR count). The minimum atomic E-state index is -0.177. The Labute approximate surface area is 158 Å². The molecule has 0 spiro atoms. The van der Waals surface area contributed by atoms with Gasteiger partial charge in [-0.2, -0.15) is 0 Å². The Morgan fingerprint density at radius 3 is 2.48 bits per heavy atom. The summed E-state index contributed by atoms with van der Waals surface area (Å²) in [6, 6.07) is 14.6. The van der Waals surface area contributed by atoms with Gasteiger partial charge in [0.25, 0.3) is 11.8 Å². The van der Waals surface area contributed by atoms with Gasteiger partial charge in [0.2, 0.25) is 0 Å². The lowest BCUT2D eigenvalue weighted by Crippen LogP contribution is -2.37. The molecule has 6 nitrogen and oxygen atoms in total. The van der Waals surface area contributed by atoms with Crippen LogP contribution in [0.2, 0.25) is 0 Å². The van der Waals surface area contributed by atoms with Gasteiger partial charge in [0, 0.05) is 42.0 Å². The van der Waals surface area contributed by atoms with Crippen molar-refractivity contribution in [2.45, 2.75) is 19.9 Å². The van der Waals surface area contributed by atoms with E-state index in [9.17, 15) is 9.59 Å². The average molecular weight is 362 g/mol. The second-order valence-electron chi connectivity index (χ2n) is 6.20. The predicted molar refractivity (Wildman–Crippen MR) is 105 cm³/mol. The minimum absolute atomic E-state index is 0.147. The summed E-state index contributed by atoms with van der Waals surface area (Å²) in [7, 11) is 0. The third-order valence-corrected chi connectivity index (χ3v) is 4.15. The summed E-state index contributed by atoms with van der Waals surface area (Å²) in [5.74, 6) is -0.324. The first-order chi connectivity index (χ1) is 13.2. The molecule has 0 aliphatic carbocycles. The standard InChI is InChI=1S/C21H22N4O2/c1-2-10-24-25-21(27)17-5-3-15(4-6-17)13-23-20(26)18-8-7-16-9-11-22-14-19(16)12-18/h3-9,11-12,14,24H,2,10,13H2,1H3,(H,23,26)(H,25,27). The highest BCUT2D eigenvalue weighted by atomic mass is 16.2. The molecule has 2 aromatic carbocycles. The van der Waals surface area contributed by atoms with E-state index in [-0.39, 0.29) is 11.8 Å². The molecule has 0 unspecified atom stereocenters. The maximum atomic E-state index is 12.4. The lowest BCUT2D eigenvalue weighted by molar-refractivity contribution is 0.0929. The first-order valence-corrected chi connectivity index (χ1v) is 8.91. The molecule has 27 heavy (non-hydrogen) atoms. The van der Waals surface area contributed by atoms with Crippen LogP contribution in [-0.4, -0.2) is 23.3 Å². The topological polar surface area (TPSA) is 83.1 Å². The van der Waals surface area contributed by atoms with Crippen molar-refractivity contribution >= 4 is 22.6 Å². The van der Waals surface area contributed by atoms with Crippen molar-refractivity contribution in [3.05, 3.63) is 77.6 Å². The highest BCUT2D eigenvalue weighted by molar-refractivity contribution is 5.98. The van der Waals surface area contributed by atoms with Crippen LogP contribution in [0.3, 0.4) is 0 Å². The van der Waals surface area contributed by atoms with E-state index < -0.39 is 0 Å². The molecule has 0 fully saturated rings. The zero-order valence-electron chi connectivity index (χ0n) is 15.2. The fourth-order valence-corrected chi connectivity index (χ4v) is 2.62. The Kier molecular flexibility index (Phi) is 6.12. The lowest BCUT2D eigenvalue weighted by atomic mass is 10.1. The summed E-state index contributed by atoms with van der Waals surface area (Å²) >= 11 is 0. The van der Waals surface area contributed by atoms with E-state index in [1.807, 2.05) is 37.3 Å². The third-order valence-electron chi connectivity index (χ3n) is 4.15. The summed E-state index contributed by atoms with van der Waals surface area (Å²) < 4.78 is 0. The van der Waals surface area contributed by atoms with Gasteiger partial charge in [-0.3, -0.25) is 20.0 Å². The molecular weight excluding hydrogens is 340 g/mol. The Bertz CT molecular complexity index is 938. The minimum Gasteiger partial charge on any atom is -0.348 e. The number of aromatic nitrogens is 1. The summed E-state index contributed by atoms with van der Waals surface area (Å²) in [6.45, 7) is 3.14. The summed E-state index contributed by atoms with van der Waals surface area (Å²) in [5.41, 5.74) is 7.58. The maximum Gasteiger partial charge on any atom is 0.265 e. The zero-order chi connectivity index (χ0) is 19.1. The normalized spacial score (nSPS) is 10.6. The molecule has 0 saturated heterocycles. The van der Waals surface area contributed by atoms with Crippen molar-refractivity contribution in [1.82, 2.24) is 21.2 Å². The molecule has 1 aromatic heterocycles. The molecular formula is C21H22N4O2. The van der Waals surface area contributed by atoms with Crippen LogP contribution < -0.4 is 16.2 Å². The second kappa shape index (κ2) is 8.91. The van der Waals surface area contributed by atoms with Crippen molar-refractivity contribution in [3.63, 3.8) is 0 Å². The fourth-order valence-electron chi connectivity index (χ4n) is 2.62. The van der Waals surface area contributed by atoms with Crippen LogP contribution >= 0.6 is 0 Å². The van der Waals surface area contributed by atoms with Crippen molar-refractivity contribution in [1.29, 1.82) is 0 Å². The molecule has 0 radical (unpaired) electrons. The van der Waals surface area contributed by atoms with Crippen LogP contribution in [0.25, 0.3) is 10.8 Å². The van der Waals surface area contributed by atoms with Crippen LogP contribution in [0.15, 0.2) is 60.9 Å². The van der Waals surface area contributed by atoms with Crippen molar-refractivity contribution in [3.8, 4) is 0 Å². The molecule has 3 aromatic rings. The molecule has 0 atom stereocenters. The van der Waals surface area contributed by atoms with Crippen LogP contribution in [0.4, 0.5) is 0 Å². The van der Waals surface area contributed by atoms with E-state index in [0.29, 0.717) is 17.7 Å². The summed E-state index contributed by atoms with van der Waals surface area (Å²) in [6.07, 6.45) is 4.41. The monoisotopic (exact) mass is 362 g/mol. The number of amides is 2. The second-order valence-corrected chi connectivity index (χ2v) is 6.20. The van der Waals surface area contributed by atoms with Gasteiger partial charge in [-0.25, -0.2) is 5.43 Å². The van der Waals surface area contributed by atoms with Crippen molar-refractivity contribution < 1.29 is 9.59 Å². The maximum absolute atomic E-state index is 12.4. The quantitative estimate of drug-likeness (QED) is 0.446. The molecule has 0 saturated carbocycles. The smallest absolute Gasteiger partial charge is 0.265 e. The number of pyridine rings is 1. The van der Waals surface area contributed by atoms with Crippen LogP contribution in [0.1, 0.15) is 39.6 Å². The number of carbonyl (C=O) groups is 2. The Balaban J connectivity index is 1.57. The van der Waals surface area contributed by atoms with Crippen LogP contribution in [0, 0.1) is 0 Å². The highest BCUT2D eigenvalue weighted by Crippen LogP contribution is 2.14. The number of nitrogens with one attached hydrogen (secondary N) is 3. The van der Waals surface area contributed by atoms with Gasteiger partial charge >= 0.3 is 0 Å². The van der Waals surface area contributed by atoms with E-state index in [0.717, 1.165) is 29.3 Å². The average Bonchev–Trinajstić information content (AvgIpc) is 2.72. The number of hydrogen-bond acceptors (Lipinski definition) is 4. The molecule has 138 valence electrons. The van der Waals surface area contributed by atoms with Gasteiger partial charge in [-0.1, -0.05) is 25.1 Å². The predicted octanol–water partition coefficient (Wildman–Crippen LogP) is 2.81. The van der Waals surface area contributed by atoms with Gasteiger partial charge in [0.1, 0.15) is 0 Å². The molecule has 1 heterocycles. The van der Waals surface area contributed by atoms with E-state index in [2.05, 4.69) is 21.2 Å². The van der Waals surface area contributed by atoms with Crippen molar-refractivity contribution in [2.24, 2.45) is 0 Å². The fraction of sp³-hybridized carbons (Fsp3) is 0.190. The SMILES string of the molecule is CCCNNC(=O)c1ccc(CNC(=O)c2ccc3ccncc3c2)cc1. The van der Waals surface area contributed by atoms with Gasteiger partial charge < -0.3 is 5.32 Å². The van der Waals surface area contributed by atoms with Gasteiger partial charge in [0.05, 0.1) is 0 Å². The number of rotatable bonds is 7. The van der Waals surface area contributed by atoms with Gasteiger partial charge in [-0.05, 0) is 47.7 Å². The number of hydrazine groups is 1. The summed E-state index contributed by atoms with van der Waals surface area (Å²) in [5, 5.41) is 4.87. The highest BCUT2D eigenvalue weighted by Gasteiger charge is 2.08. The molecule has 3 N–H and O–H groups in total. The van der Waals surface area contributed by atoms with Crippen LogP contribution in [-0.2, 0) is 6.54 Å². The Hall–Kier alpha value is -3.25. The number of fused-ring (bicyclic) bond motifs is 1. The molecule has 0 bridgehead atoms. The summed E-state index contributed by atoms with van der Waals surface area (Å²) in [4.78, 5) is 28.4. The Morgan fingerprint density at radius 2 is 1.70 bits per heavy atom.